The molecule has 0 aromatic heterocycles. The van der Waals surface area contributed by atoms with Gasteiger partial charge in [0.2, 0.25) is 0 Å². The van der Waals surface area contributed by atoms with E-state index in [1.807, 2.05) is 32.2 Å². The third-order valence-electron chi connectivity index (χ3n) is 2.87. The first-order chi connectivity index (χ1) is 9.08. The van der Waals surface area contributed by atoms with Crippen LogP contribution in [-0.4, -0.2) is 31.0 Å². The average Bonchev–Trinajstić information content (AvgIpc) is 2.39. The Morgan fingerprint density at radius 1 is 1.32 bits per heavy atom. The number of ether oxygens (including phenoxy) is 2. The van der Waals surface area contributed by atoms with Crippen molar-refractivity contribution in [3.63, 3.8) is 0 Å². The van der Waals surface area contributed by atoms with Gasteiger partial charge >= 0.3 is 0 Å². The molecule has 0 aliphatic carbocycles. The van der Waals surface area contributed by atoms with Crippen LogP contribution < -0.4 is 14.8 Å². The lowest BCUT2D eigenvalue weighted by Crippen LogP contribution is -2.26. The summed E-state index contributed by atoms with van der Waals surface area (Å²) in [5.74, 6) is 1.56. The second kappa shape index (κ2) is 8.02. The number of benzene rings is 1. The third kappa shape index (κ3) is 5.09. The maximum absolute atomic E-state index is 9.54. The van der Waals surface area contributed by atoms with Crippen molar-refractivity contribution in [1.82, 2.24) is 5.32 Å². The molecule has 108 valence electrons. The Labute approximate surface area is 115 Å². The zero-order valence-corrected chi connectivity index (χ0v) is 12.3. The minimum absolute atomic E-state index is 0.253. The first-order valence-corrected chi connectivity index (χ1v) is 6.83. The summed E-state index contributed by atoms with van der Waals surface area (Å²) in [6.45, 7) is 7.06. The van der Waals surface area contributed by atoms with Crippen LogP contribution in [0.4, 0.5) is 0 Å². The Balaban J connectivity index is 2.87. The van der Waals surface area contributed by atoms with E-state index in [-0.39, 0.29) is 6.10 Å². The minimum Gasteiger partial charge on any atom is -0.493 e. The lowest BCUT2D eigenvalue weighted by molar-refractivity contribution is 0.0596. The summed E-state index contributed by atoms with van der Waals surface area (Å²) in [5.41, 5.74) is 1.05. The lowest BCUT2D eigenvalue weighted by atomic mass is 10.1. The molecule has 0 amide bonds. The number of nitrogens with one attached hydrogen (secondary N) is 1. The zero-order valence-electron chi connectivity index (χ0n) is 12.3. The van der Waals surface area contributed by atoms with Gasteiger partial charge in [-0.25, -0.2) is 0 Å². The SMILES string of the molecule is CCCOc1ccc(CNC)c(OC(C)C(C)O)c1. The predicted molar refractivity (Wildman–Crippen MR) is 76.8 cm³/mol. The van der Waals surface area contributed by atoms with Crippen LogP contribution in [-0.2, 0) is 6.54 Å². The molecule has 2 unspecified atom stereocenters. The summed E-state index contributed by atoms with van der Waals surface area (Å²) in [7, 11) is 1.89. The van der Waals surface area contributed by atoms with Crippen LogP contribution in [0.25, 0.3) is 0 Å². The van der Waals surface area contributed by atoms with E-state index in [1.54, 1.807) is 6.92 Å². The topological polar surface area (TPSA) is 50.7 Å². The van der Waals surface area contributed by atoms with Gasteiger partial charge in [0.05, 0.1) is 12.7 Å². The quantitative estimate of drug-likeness (QED) is 0.759. The van der Waals surface area contributed by atoms with Gasteiger partial charge in [0.1, 0.15) is 17.6 Å². The molecular formula is C15H25NO3. The molecule has 0 aliphatic heterocycles. The molecule has 19 heavy (non-hydrogen) atoms. The van der Waals surface area contributed by atoms with Crippen LogP contribution in [0.15, 0.2) is 18.2 Å². The number of hydrogen-bond donors (Lipinski definition) is 2. The first-order valence-electron chi connectivity index (χ1n) is 6.83. The molecule has 1 aromatic rings. The second-order valence-corrected chi connectivity index (χ2v) is 4.71. The van der Waals surface area contributed by atoms with Gasteiger partial charge in [0.25, 0.3) is 0 Å². The highest BCUT2D eigenvalue weighted by Crippen LogP contribution is 2.26. The van der Waals surface area contributed by atoms with Gasteiger partial charge in [-0.3, -0.25) is 0 Å². The highest BCUT2D eigenvalue weighted by atomic mass is 16.5. The summed E-state index contributed by atoms with van der Waals surface area (Å²) < 4.78 is 11.4. The van der Waals surface area contributed by atoms with Crippen molar-refractivity contribution in [3.05, 3.63) is 23.8 Å². The maximum atomic E-state index is 9.54. The van der Waals surface area contributed by atoms with Crippen LogP contribution >= 0.6 is 0 Å². The normalized spacial score (nSPS) is 13.9. The summed E-state index contributed by atoms with van der Waals surface area (Å²) in [6, 6.07) is 5.83. The molecule has 1 rings (SSSR count). The lowest BCUT2D eigenvalue weighted by Gasteiger charge is -2.20. The first kappa shape index (κ1) is 15.8. The Morgan fingerprint density at radius 2 is 2.05 bits per heavy atom. The van der Waals surface area contributed by atoms with Gasteiger partial charge in [0, 0.05) is 18.2 Å². The Hall–Kier alpha value is -1.26. The van der Waals surface area contributed by atoms with E-state index in [2.05, 4.69) is 12.2 Å². The van der Waals surface area contributed by atoms with E-state index in [0.29, 0.717) is 6.61 Å². The Bertz CT molecular complexity index is 380. The van der Waals surface area contributed by atoms with E-state index in [4.69, 9.17) is 9.47 Å². The predicted octanol–water partition coefficient (Wildman–Crippen LogP) is 2.34. The van der Waals surface area contributed by atoms with Gasteiger partial charge in [-0.1, -0.05) is 13.0 Å². The molecule has 0 heterocycles. The molecule has 4 nitrogen and oxygen atoms in total. The zero-order chi connectivity index (χ0) is 14.3. The van der Waals surface area contributed by atoms with Gasteiger partial charge in [-0.2, -0.15) is 0 Å². The van der Waals surface area contributed by atoms with Gasteiger partial charge < -0.3 is 19.9 Å². The molecule has 0 fully saturated rings. The maximum Gasteiger partial charge on any atom is 0.128 e. The van der Waals surface area contributed by atoms with Crippen LogP contribution in [0.5, 0.6) is 11.5 Å². The van der Waals surface area contributed by atoms with Crippen LogP contribution in [0.1, 0.15) is 32.8 Å². The molecule has 2 atom stereocenters. The fourth-order valence-electron chi connectivity index (χ4n) is 1.59. The minimum atomic E-state index is -0.511. The molecule has 4 heteroatoms. The molecule has 0 saturated carbocycles. The number of rotatable bonds is 8. The highest BCUT2D eigenvalue weighted by Gasteiger charge is 2.13. The second-order valence-electron chi connectivity index (χ2n) is 4.71. The van der Waals surface area contributed by atoms with Gasteiger partial charge in [0.15, 0.2) is 0 Å². The Morgan fingerprint density at radius 3 is 2.63 bits per heavy atom. The molecule has 1 aromatic carbocycles. The smallest absolute Gasteiger partial charge is 0.128 e. The van der Waals surface area contributed by atoms with Crippen molar-refractivity contribution in [3.8, 4) is 11.5 Å². The molecule has 0 bridgehead atoms. The molecule has 0 saturated heterocycles. The summed E-state index contributed by atoms with van der Waals surface area (Å²) in [4.78, 5) is 0. The van der Waals surface area contributed by atoms with Crippen molar-refractivity contribution < 1.29 is 14.6 Å². The van der Waals surface area contributed by atoms with E-state index < -0.39 is 6.10 Å². The van der Waals surface area contributed by atoms with E-state index >= 15 is 0 Å². The van der Waals surface area contributed by atoms with E-state index in [9.17, 15) is 5.11 Å². The van der Waals surface area contributed by atoms with E-state index in [0.717, 1.165) is 30.0 Å². The van der Waals surface area contributed by atoms with Crippen LogP contribution in [0, 0.1) is 0 Å². The number of hydrogen-bond acceptors (Lipinski definition) is 4. The highest BCUT2D eigenvalue weighted by molar-refractivity contribution is 5.41. The Kier molecular flexibility index (Phi) is 6.67. The third-order valence-corrected chi connectivity index (χ3v) is 2.87. The van der Waals surface area contributed by atoms with Crippen LogP contribution in [0.2, 0.25) is 0 Å². The van der Waals surface area contributed by atoms with Crippen LogP contribution in [0.3, 0.4) is 0 Å². The molecule has 2 N–H and O–H groups in total. The molecule has 0 aliphatic rings. The molecule has 0 spiro atoms. The molecular weight excluding hydrogens is 242 g/mol. The monoisotopic (exact) mass is 267 g/mol. The largest absolute Gasteiger partial charge is 0.493 e. The summed E-state index contributed by atoms with van der Waals surface area (Å²) >= 11 is 0. The summed E-state index contributed by atoms with van der Waals surface area (Å²) in [6.07, 6.45) is 0.207. The fraction of sp³-hybridized carbons (Fsp3) is 0.600. The average molecular weight is 267 g/mol. The van der Waals surface area contributed by atoms with Crippen molar-refractivity contribution in [2.45, 2.75) is 45.9 Å². The van der Waals surface area contributed by atoms with Crippen molar-refractivity contribution in [1.29, 1.82) is 0 Å². The number of aliphatic hydroxyl groups is 1. The standard InChI is InChI=1S/C15H25NO3/c1-5-8-18-14-7-6-13(10-16-4)15(9-14)19-12(3)11(2)17/h6-7,9,11-12,16-17H,5,8,10H2,1-4H3. The molecule has 0 radical (unpaired) electrons. The van der Waals surface area contributed by atoms with Crippen molar-refractivity contribution in [2.75, 3.05) is 13.7 Å². The van der Waals surface area contributed by atoms with Gasteiger partial charge in [-0.15, -0.1) is 0 Å². The number of aliphatic hydroxyl groups excluding tert-OH is 1. The van der Waals surface area contributed by atoms with Crippen molar-refractivity contribution >= 4 is 0 Å². The fourth-order valence-corrected chi connectivity index (χ4v) is 1.59. The van der Waals surface area contributed by atoms with E-state index in [1.165, 1.54) is 0 Å². The van der Waals surface area contributed by atoms with Crippen molar-refractivity contribution in [2.24, 2.45) is 0 Å². The van der Waals surface area contributed by atoms with Gasteiger partial charge in [-0.05, 0) is 33.4 Å². The summed E-state index contributed by atoms with van der Waals surface area (Å²) in [5, 5.41) is 12.6.